The van der Waals surface area contributed by atoms with E-state index in [1.54, 1.807) is 6.92 Å². The normalized spacial score (nSPS) is 12.9. The molecule has 5 nitrogen and oxygen atoms in total. The topological polar surface area (TPSA) is 81.1 Å². The van der Waals surface area contributed by atoms with E-state index in [0.29, 0.717) is 0 Å². The lowest BCUT2D eigenvalue weighted by atomic mass is 10.3. The average molecular weight is 155 g/mol. The van der Waals surface area contributed by atoms with Crippen molar-refractivity contribution in [2.75, 3.05) is 0 Å². The Labute approximate surface area is 63.5 Å². The highest BCUT2D eigenvalue weighted by atomic mass is 16.3. The summed E-state index contributed by atoms with van der Waals surface area (Å²) in [5.74, 6) is -0.475. The van der Waals surface area contributed by atoms with Crippen LogP contribution in [-0.2, 0) is 0 Å². The summed E-state index contributed by atoms with van der Waals surface area (Å²) in [4.78, 5) is 14.5. The first-order valence-corrected chi connectivity index (χ1v) is 3.14. The molecule has 1 aromatic heterocycles. The summed E-state index contributed by atoms with van der Waals surface area (Å²) >= 11 is 0. The van der Waals surface area contributed by atoms with Crippen LogP contribution in [0, 0.1) is 0 Å². The zero-order chi connectivity index (χ0) is 8.43. The smallest absolute Gasteiger partial charge is 0.248 e. The Bertz CT molecular complexity index is 267. The molecule has 0 spiro atoms. The summed E-state index contributed by atoms with van der Waals surface area (Å²) < 4.78 is 1.15. The van der Waals surface area contributed by atoms with Gasteiger partial charge in [-0.15, -0.1) is 0 Å². The number of imidazole rings is 1. The number of aromatic nitrogens is 2. The highest BCUT2D eigenvalue weighted by Crippen LogP contribution is 2.02. The number of aromatic hydroxyl groups is 1. The van der Waals surface area contributed by atoms with Crippen molar-refractivity contribution in [2.24, 2.45) is 5.73 Å². The van der Waals surface area contributed by atoms with Gasteiger partial charge in [-0.25, -0.2) is 4.98 Å². The minimum atomic E-state index is -0.580. The van der Waals surface area contributed by atoms with Crippen LogP contribution in [0.3, 0.4) is 0 Å². The molecule has 0 aromatic carbocycles. The first-order valence-electron chi connectivity index (χ1n) is 3.14. The molecule has 5 heteroatoms. The molecule has 0 aliphatic heterocycles. The third-order valence-electron chi connectivity index (χ3n) is 1.21. The van der Waals surface area contributed by atoms with Gasteiger partial charge in [0.05, 0.1) is 12.2 Å². The second-order valence-electron chi connectivity index (χ2n) is 2.27. The van der Waals surface area contributed by atoms with Crippen molar-refractivity contribution in [2.45, 2.75) is 13.0 Å². The molecule has 0 radical (unpaired) electrons. The van der Waals surface area contributed by atoms with Crippen LogP contribution in [0.1, 0.15) is 11.7 Å². The number of nitrogens with two attached hydrogens (primary N) is 1. The molecule has 1 aromatic rings. The fourth-order valence-corrected chi connectivity index (χ4v) is 0.668. The van der Waals surface area contributed by atoms with Gasteiger partial charge >= 0.3 is 0 Å². The van der Waals surface area contributed by atoms with Gasteiger partial charge in [0.1, 0.15) is 6.33 Å². The predicted octanol–water partition coefficient (Wildman–Crippen LogP) is -0.424. The van der Waals surface area contributed by atoms with Crippen LogP contribution >= 0.6 is 0 Å². The van der Waals surface area contributed by atoms with E-state index in [0.717, 1.165) is 4.57 Å². The van der Waals surface area contributed by atoms with Gasteiger partial charge in [0, 0.05) is 0 Å². The van der Waals surface area contributed by atoms with Crippen molar-refractivity contribution in [3.63, 3.8) is 0 Å². The summed E-state index contributed by atoms with van der Waals surface area (Å²) in [5, 5.41) is 8.76. The van der Waals surface area contributed by atoms with Gasteiger partial charge in [-0.3, -0.25) is 9.36 Å². The predicted molar refractivity (Wildman–Crippen MR) is 38.2 cm³/mol. The second-order valence-corrected chi connectivity index (χ2v) is 2.27. The van der Waals surface area contributed by atoms with Gasteiger partial charge in [-0.1, -0.05) is 0 Å². The molecule has 0 aliphatic rings. The van der Waals surface area contributed by atoms with Gasteiger partial charge < -0.3 is 10.8 Å². The molecule has 0 saturated heterocycles. The summed E-state index contributed by atoms with van der Waals surface area (Å²) in [6.07, 6.45) is 2.44. The van der Waals surface area contributed by atoms with Gasteiger partial charge in [0.2, 0.25) is 11.8 Å². The van der Waals surface area contributed by atoms with Gasteiger partial charge in [0.25, 0.3) is 0 Å². The third-order valence-corrected chi connectivity index (χ3v) is 1.21. The van der Waals surface area contributed by atoms with Crippen LogP contribution in [0.15, 0.2) is 12.5 Å². The molecule has 0 amide bonds. The van der Waals surface area contributed by atoms with E-state index < -0.39 is 6.04 Å². The molecule has 1 rings (SSSR count). The van der Waals surface area contributed by atoms with Crippen molar-refractivity contribution in [1.82, 2.24) is 9.55 Å². The van der Waals surface area contributed by atoms with E-state index in [4.69, 9.17) is 10.8 Å². The fraction of sp³-hybridized carbons (Fsp3) is 0.333. The van der Waals surface area contributed by atoms with E-state index in [1.807, 2.05) is 0 Å². The number of carbonyl (C=O) groups excluding carboxylic acids is 1. The molecule has 0 unspecified atom stereocenters. The molecule has 1 heterocycles. The summed E-state index contributed by atoms with van der Waals surface area (Å²) in [6.45, 7) is 1.57. The lowest BCUT2D eigenvalue weighted by molar-refractivity contribution is 0.0886. The largest absolute Gasteiger partial charge is 0.492 e. The number of hydrogen-bond donors (Lipinski definition) is 2. The van der Waals surface area contributed by atoms with Crippen LogP contribution in [-0.4, -0.2) is 26.6 Å². The minimum Gasteiger partial charge on any atom is -0.492 e. The van der Waals surface area contributed by atoms with Crippen molar-refractivity contribution in [1.29, 1.82) is 0 Å². The maximum absolute atomic E-state index is 11.0. The Kier molecular flexibility index (Phi) is 1.91. The number of hydrogen-bond acceptors (Lipinski definition) is 4. The van der Waals surface area contributed by atoms with Crippen molar-refractivity contribution in [3.05, 3.63) is 12.5 Å². The SMILES string of the molecule is C[C@H](N)C(=O)n1cnc(O)c1. The van der Waals surface area contributed by atoms with Crippen LogP contribution in [0.4, 0.5) is 0 Å². The van der Waals surface area contributed by atoms with Crippen LogP contribution < -0.4 is 5.73 Å². The lowest BCUT2D eigenvalue weighted by Gasteiger charge is -2.02. The standard InChI is InChI=1S/C6H9N3O2/c1-4(7)6(11)9-2-5(10)8-3-9/h2-4,10H,7H2,1H3/t4-/m0/s1. The Morgan fingerprint density at radius 3 is 2.91 bits per heavy atom. The van der Waals surface area contributed by atoms with E-state index in [1.165, 1.54) is 12.5 Å². The summed E-state index contributed by atoms with van der Waals surface area (Å²) in [5.41, 5.74) is 5.30. The maximum Gasteiger partial charge on any atom is 0.248 e. The molecule has 0 aliphatic carbocycles. The Hall–Kier alpha value is -1.36. The molecule has 0 fully saturated rings. The second kappa shape index (κ2) is 2.71. The summed E-state index contributed by atoms with van der Waals surface area (Å²) in [6, 6.07) is -0.580. The van der Waals surface area contributed by atoms with E-state index >= 15 is 0 Å². The van der Waals surface area contributed by atoms with Gasteiger partial charge in [-0.2, -0.15) is 0 Å². The quantitative estimate of drug-likeness (QED) is 0.577. The van der Waals surface area contributed by atoms with Crippen LogP contribution in [0.5, 0.6) is 5.88 Å². The molecular weight excluding hydrogens is 146 g/mol. The molecular formula is C6H9N3O2. The summed E-state index contributed by atoms with van der Waals surface area (Å²) in [7, 11) is 0. The zero-order valence-electron chi connectivity index (χ0n) is 6.06. The van der Waals surface area contributed by atoms with Crippen LogP contribution in [0.2, 0.25) is 0 Å². The Balaban J connectivity index is 2.85. The lowest BCUT2D eigenvalue weighted by Crippen LogP contribution is -2.30. The Morgan fingerprint density at radius 1 is 1.91 bits per heavy atom. The van der Waals surface area contributed by atoms with Gasteiger partial charge in [-0.05, 0) is 6.92 Å². The number of rotatable bonds is 1. The first-order chi connectivity index (χ1) is 5.11. The maximum atomic E-state index is 11.0. The molecule has 0 bridgehead atoms. The first kappa shape index (κ1) is 7.74. The highest BCUT2D eigenvalue weighted by molar-refractivity contribution is 5.83. The molecule has 0 saturated carbocycles. The molecule has 60 valence electrons. The molecule has 11 heavy (non-hydrogen) atoms. The molecule has 1 atom stereocenters. The van der Waals surface area contributed by atoms with E-state index in [-0.39, 0.29) is 11.8 Å². The molecule has 3 N–H and O–H groups in total. The van der Waals surface area contributed by atoms with Gasteiger partial charge in [0.15, 0.2) is 0 Å². The third kappa shape index (κ3) is 1.56. The van der Waals surface area contributed by atoms with Crippen LogP contribution in [0.25, 0.3) is 0 Å². The monoisotopic (exact) mass is 155 g/mol. The van der Waals surface area contributed by atoms with Crippen molar-refractivity contribution in [3.8, 4) is 5.88 Å². The minimum absolute atomic E-state index is 0.181. The number of carbonyl (C=O) groups is 1. The Morgan fingerprint density at radius 2 is 2.55 bits per heavy atom. The average Bonchev–Trinajstić information content (AvgIpc) is 2.34. The number of nitrogens with zero attached hydrogens (tertiary/aromatic N) is 2. The van der Waals surface area contributed by atoms with Crippen molar-refractivity contribution < 1.29 is 9.90 Å². The highest BCUT2D eigenvalue weighted by Gasteiger charge is 2.09. The zero-order valence-corrected chi connectivity index (χ0v) is 6.06. The van der Waals surface area contributed by atoms with E-state index in [9.17, 15) is 4.79 Å². The van der Waals surface area contributed by atoms with Crippen molar-refractivity contribution >= 4 is 5.91 Å². The fourth-order valence-electron chi connectivity index (χ4n) is 0.668. The van der Waals surface area contributed by atoms with E-state index in [2.05, 4.69) is 4.98 Å².